The Morgan fingerprint density at radius 3 is 2.16 bits per heavy atom. The van der Waals surface area contributed by atoms with Gasteiger partial charge < -0.3 is 15.3 Å². The molecule has 4 aliphatic rings. The van der Waals surface area contributed by atoms with Crippen molar-refractivity contribution in [3.8, 4) is 0 Å². The molecular formula is C22H38O3. The highest BCUT2D eigenvalue weighted by atomic mass is 16.5. The zero-order valence-corrected chi connectivity index (χ0v) is 16.6. The number of aliphatic hydroxyl groups is 3. The van der Waals surface area contributed by atoms with E-state index in [1.165, 1.54) is 19.3 Å². The van der Waals surface area contributed by atoms with Crippen LogP contribution < -0.4 is 0 Å². The number of hydrogen-bond donors (Lipinski definition) is 3. The Hall–Kier alpha value is -0.120. The minimum atomic E-state index is -1.54. The molecule has 0 aromatic rings. The van der Waals surface area contributed by atoms with Gasteiger partial charge in [-0.05, 0) is 106 Å². The molecular weight excluding hydrogens is 312 g/mol. The van der Waals surface area contributed by atoms with Gasteiger partial charge in [-0.25, -0.2) is 0 Å². The third-order valence-corrected chi connectivity index (χ3v) is 9.61. The zero-order valence-electron chi connectivity index (χ0n) is 16.6. The van der Waals surface area contributed by atoms with Gasteiger partial charge in [0.05, 0.1) is 5.60 Å². The Labute approximate surface area is 153 Å². The number of rotatable bonds is 1. The van der Waals surface area contributed by atoms with Gasteiger partial charge in [-0.3, -0.25) is 0 Å². The van der Waals surface area contributed by atoms with Crippen molar-refractivity contribution in [3.63, 3.8) is 0 Å². The van der Waals surface area contributed by atoms with Crippen molar-refractivity contribution in [2.45, 2.75) is 96.9 Å². The van der Waals surface area contributed by atoms with Gasteiger partial charge in [0, 0.05) is 5.92 Å². The molecule has 0 aromatic carbocycles. The minimum absolute atomic E-state index is 0.0172. The zero-order chi connectivity index (χ0) is 18.3. The lowest BCUT2D eigenvalue weighted by Gasteiger charge is -2.62. The molecule has 4 saturated carbocycles. The van der Waals surface area contributed by atoms with E-state index in [1.54, 1.807) is 6.92 Å². The van der Waals surface area contributed by atoms with Gasteiger partial charge in [0.25, 0.3) is 0 Å². The predicted octanol–water partition coefficient (Wildman–Crippen LogP) is 4.10. The van der Waals surface area contributed by atoms with Crippen LogP contribution in [0.25, 0.3) is 0 Å². The molecule has 0 heterocycles. The SMILES string of the molecule is CC(O)(O)C1CCC2C3CCC4C[C@](C)(O)CC[C@]4(C)C3CC[C@@]21C. The molecule has 4 fully saturated rings. The monoisotopic (exact) mass is 350 g/mol. The lowest BCUT2D eigenvalue weighted by Crippen LogP contribution is -2.56. The molecule has 8 atom stereocenters. The quantitative estimate of drug-likeness (QED) is 0.624. The summed E-state index contributed by atoms with van der Waals surface area (Å²) in [7, 11) is 0. The summed E-state index contributed by atoms with van der Waals surface area (Å²) in [5.41, 5.74) is 0.00329. The van der Waals surface area contributed by atoms with E-state index >= 15 is 0 Å². The maximum atomic E-state index is 10.6. The molecule has 4 aliphatic carbocycles. The summed E-state index contributed by atoms with van der Waals surface area (Å²) in [6.07, 6.45) is 10.1. The van der Waals surface area contributed by atoms with Crippen molar-refractivity contribution in [3.05, 3.63) is 0 Å². The van der Waals surface area contributed by atoms with Gasteiger partial charge in [-0.2, -0.15) is 0 Å². The average molecular weight is 351 g/mol. The molecule has 3 nitrogen and oxygen atoms in total. The molecule has 0 radical (unpaired) electrons. The summed E-state index contributed by atoms with van der Waals surface area (Å²) < 4.78 is 0. The van der Waals surface area contributed by atoms with Crippen LogP contribution in [0.3, 0.4) is 0 Å². The van der Waals surface area contributed by atoms with Gasteiger partial charge in [0.1, 0.15) is 0 Å². The molecule has 4 rings (SSSR count). The Kier molecular flexibility index (Phi) is 3.98. The molecule has 3 heteroatoms. The van der Waals surface area contributed by atoms with E-state index in [9.17, 15) is 15.3 Å². The molecule has 25 heavy (non-hydrogen) atoms. The van der Waals surface area contributed by atoms with Gasteiger partial charge >= 0.3 is 0 Å². The fraction of sp³-hybridized carbons (Fsp3) is 1.00. The largest absolute Gasteiger partial charge is 0.390 e. The average Bonchev–Trinajstić information content (AvgIpc) is 2.85. The number of fused-ring (bicyclic) bond motifs is 5. The molecule has 0 spiro atoms. The van der Waals surface area contributed by atoms with Crippen LogP contribution in [0.5, 0.6) is 0 Å². The lowest BCUT2D eigenvalue weighted by atomic mass is 9.44. The van der Waals surface area contributed by atoms with Gasteiger partial charge in [0.2, 0.25) is 0 Å². The molecule has 3 N–H and O–H groups in total. The summed E-state index contributed by atoms with van der Waals surface area (Å²) in [6.45, 7) is 8.48. The standard InChI is InChI=1S/C22H38O3/c1-19(23)11-12-20(2)14(13-19)5-6-15-16-7-8-18(22(4,24)25)21(16,3)10-9-17(15)20/h14-18,23-25H,5-13H2,1-4H3/t14?,15?,16?,17?,18?,19-,20+,21+/m1/s1. The summed E-state index contributed by atoms with van der Waals surface area (Å²) in [5, 5.41) is 31.3. The molecule has 0 bridgehead atoms. The fourth-order valence-electron chi connectivity index (χ4n) is 8.33. The molecule has 0 aromatic heterocycles. The van der Waals surface area contributed by atoms with Crippen LogP contribution in [-0.2, 0) is 0 Å². The van der Waals surface area contributed by atoms with Crippen molar-refractivity contribution in [2.24, 2.45) is 40.4 Å². The highest BCUT2D eigenvalue weighted by molar-refractivity contribution is 5.11. The van der Waals surface area contributed by atoms with Crippen LogP contribution in [0.1, 0.15) is 85.5 Å². The van der Waals surface area contributed by atoms with Crippen LogP contribution in [0.4, 0.5) is 0 Å². The smallest absolute Gasteiger partial charge is 0.163 e. The van der Waals surface area contributed by atoms with E-state index in [-0.39, 0.29) is 11.3 Å². The minimum Gasteiger partial charge on any atom is -0.390 e. The third-order valence-electron chi connectivity index (χ3n) is 9.61. The van der Waals surface area contributed by atoms with Crippen LogP contribution in [0.15, 0.2) is 0 Å². The van der Waals surface area contributed by atoms with E-state index in [1.807, 2.05) is 6.92 Å². The van der Waals surface area contributed by atoms with Crippen LogP contribution in [-0.4, -0.2) is 26.7 Å². The van der Waals surface area contributed by atoms with Crippen molar-refractivity contribution < 1.29 is 15.3 Å². The molecule has 0 aliphatic heterocycles. The summed E-state index contributed by atoms with van der Waals surface area (Å²) in [5.74, 6) is 1.30. The van der Waals surface area contributed by atoms with E-state index in [4.69, 9.17) is 0 Å². The summed E-state index contributed by atoms with van der Waals surface area (Å²) in [4.78, 5) is 0. The first kappa shape index (κ1) is 18.3. The van der Waals surface area contributed by atoms with Crippen molar-refractivity contribution in [1.82, 2.24) is 0 Å². The van der Waals surface area contributed by atoms with Crippen LogP contribution in [0, 0.1) is 40.4 Å². The van der Waals surface area contributed by atoms with Crippen LogP contribution >= 0.6 is 0 Å². The maximum absolute atomic E-state index is 10.6. The fourth-order valence-corrected chi connectivity index (χ4v) is 8.33. The van der Waals surface area contributed by atoms with E-state index < -0.39 is 11.4 Å². The molecule has 144 valence electrons. The molecule has 5 unspecified atom stereocenters. The predicted molar refractivity (Wildman–Crippen MR) is 98.7 cm³/mol. The second-order valence-electron chi connectivity index (χ2n) is 11.1. The first-order valence-electron chi connectivity index (χ1n) is 10.6. The normalized spacial score (nSPS) is 56.0. The first-order valence-corrected chi connectivity index (χ1v) is 10.6. The Bertz CT molecular complexity index is 536. The number of hydrogen-bond acceptors (Lipinski definition) is 3. The summed E-state index contributed by atoms with van der Waals surface area (Å²) in [6, 6.07) is 0. The van der Waals surface area contributed by atoms with E-state index in [0.717, 1.165) is 50.4 Å². The second kappa shape index (κ2) is 5.45. The highest BCUT2D eigenvalue weighted by Gasteiger charge is 2.62. The van der Waals surface area contributed by atoms with Crippen molar-refractivity contribution in [1.29, 1.82) is 0 Å². The summed E-state index contributed by atoms with van der Waals surface area (Å²) >= 11 is 0. The van der Waals surface area contributed by atoms with Crippen LogP contribution in [0.2, 0.25) is 0 Å². The maximum Gasteiger partial charge on any atom is 0.163 e. The molecule has 0 saturated heterocycles. The van der Waals surface area contributed by atoms with Gasteiger partial charge in [-0.1, -0.05) is 13.8 Å². The van der Waals surface area contributed by atoms with Crippen molar-refractivity contribution >= 4 is 0 Å². The van der Waals surface area contributed by atoms with Crippen molar-refractivity contribution in [2.75, 3.05) is 0 Å². The van der Waals surface area contributed by atoms with Gasteiger partial charge in [0.15, 0.2) is 5.79 Å². The van der Waals surface area contributed by atoms with E-state index in [2.05, 4.69) is 13.8 Å². The van der Waals surface area contributed by atoms with Gasteiger partial charge in [-0.15, -0.1) is 0 Å². The Morgan fingerprint density at radius 1 is 0.800 bits per heavy atom. The van der Waals surface area contributed by atoms with E-state index in [0.29, 0.717) is 17.3 Å². The Morgan fingerprint density at radius 2 is 1.48 bits per heavy atom. The Balaban J connectivity index is 1.60. The first-order chi connectivity index (χ1) is 11.5. The third kappa shape index (κ3) is 2.63. The topological polar surface area (TPSA) is 60.7 Å². The highest BCUT2D eigenvalue weighted by Crippen LogP contribution is 2.68. The molecule has 0 amide bonds. The second-order valence-corrected chi connectivity index (χ2v) is 11.1. The lowest BCUT2D eigenvalue weighted by molar-refractivity contribution is -0.223.